The molecule has 148 valence electrons. The maximum absolute atomic E-state index is 12.8. The zero-order valence-electron chi connectivity index (χ0n) is 16.5. The van der Waals surface area contributed by atoms with Crippen molar-refractivity contribution in [3.05, 3.63) is 65.0 Å². The maximum Gasteiger partial charge on any atom is 0.231 e. The Morgan fingerprint density at radius 2 is 1.79 bits per heavy atom. The van der Waals surface area contributed by atoms with Crippen LogP contribution in [0.15, 0.2) is 42.5 Å². The molecule has 0 aliphatic carbocycles. The Morgan fingerprint density at radius 1 is 1.10 bits per heavy atom. The van der Waals surface area contributed by atoms with Crippen LogP contribution in [0.5, 0.6) is 11.5 Å². The number of aromatic nitrogens is 2. The molecule has 4 rings (SSSR count). The number of ether oxygens (including phenoxy) is 2. The van der Waals surface area contributed by atoms with Gasteiger partial charge in [-0.05, 0) is 39.0 Å². The number of fused-ring (bicyclic) bond motifs is 1. The molecule has 0 unspecified atom stereocenters. The van der Waals surface area contributed by atoms with Crippen molar-refractivity contribution in [3.8, 4) is 17.2 Å². The molecule has 1 aliphatic heterocycles. The molecule has 0 bridgehead atoms. The molecular formula is C22H21N3O4. The Morgan fingerprint density at radius 3 is 2.48 bits per heavy atom. The number of Topliss-reactive ketones (excluding diaryl/α,β-unsaturated/α-hetero) is 1. The van der Waals surface area contributed by atoms with E-state index in [1.54, 1.807) is 12.1 Å². The van der Waals surface area contributed by atoms with Crippen molar-refractivity contribution >= 4 is 17.4 Å². The van der Waals surface area contributed by atoms with Gasteiger partial charge in [0.05, 0.1) is 23.5 Å². The first-order valence-electron chi connectivity index (χ1n) is 9.29. The summed E-state index contributed by atoms with van der Waals surface area (Å²) in [6.45, 7) is 5.38. The van der Waals surface area contributed by atoms with Crippen LogP contribution < -0.4 is 14.8 Å². The quantitative estimate of drug-likeness (QED) is 0.672. The van der Waals surface area contributed by atoms with Crippen molar-refractivity contribution in [3.63, 3.8) is 0 Å². The van der Waals surface area contributed by atoms with E-state index in [-0.39, 0.29) is 24.9 Å². The molecule has 7 heteroatoms. The zero-order valence-corrected chi connectivity index (χ0v) is 16.5. The van der Waals surface area contributed by atoms with Gasteiger partial charge in [-0.25, -0.2) is 4.68 Å². The summed E-state index contributed by atoms with van der Waals surface area (Å²) in [5.41, 5.74) is 4.29. The lowest BCUT2D eigenvalue weighted by molar-refractivity contribution is -0.115. The maximum atomic E-state index is 12.8. The Bertz CT molecular complexity index is 1100. The van der Waals surface area contributed by atoms with Crippen molar-refractivity contribution < 1.29 is 19.1 Å². The molecule has 1 N–H and O–H groups in total. The molecule has 1 aliphatic rings. The van der Waals surface area contributed by atoms with Gasteiger partial charge in [-0.2, -0.15) is 5.10 Å². The molecule has 1 amide bonds. The summed E-state index contributed by atoms with van der Waals surface area (Å²) in [5.74, 6) is 0.617. The van der Waals surface area contributed by atoms with E-state index >= 15 is 0 Å². The number of aryl methyl sites for hydroxylation is 1. The van der Waals surface area contributed by atoms with Gasteiger partial charge < -0.3 is 14.8 Å². The molecule has 0 radical (unpaired) electrons. The lowest BCUT2D eigenvalue weighted by Crippen LogP contribution is -2.17. The third kappa shape index (κ3) is 3.59. The highest BCUT2D eigenvalue weighted by atomic mass is 16.7. The summed E-state index contributed by atoms with van der Waals surface area (Å²) < 4.78 is 12.5. The molecule has 29 heavy (non-hydrogen) atoms. The van der Waals surface area contributed by atoms with Gasteiger partial charge in [-0.15, -0.1) is 0 Å². The smallest absolute Gasteiger partial charge is 0.231 e. The largest absolute Gasteiger partial charge is 0.454 e. The first-order valence-corrected chi connectivity index (χ1v) is 9.29. The second-order valence-corrected chi connectivity index (χ2v) is 6.93. The minimum Gasteiger partial charge on any atom is -0.454 e. The van der Waals surface area contributed by atoms with Crippen LogP contribution in [-0.2, 0) is 11.2 Å². The predicted octanol–water partition coefficient (Wildman–Crippen LogP) is 3.60. The van der Waals surface area contributed by atoms with Crippen molar-refractivity contribution in [1.82, 2.24) is 9.78 Å². The number of amides is 1. The van der Waals surface area contributed by atoms with Crippen molar-refractivity contribution in [2.24, 2.45) is 0 Å². The molecule has 3 aromatic rings. The fraction of sp³-hybridized carbons (Fsp3) is 0.227. The topological polar surface area (TPSA) is 82.5 Å². The number of nitrogens with one attached hydrogen (secondary N) is 1. The van der Waals surface area contributed by atoms with E-state index in [0.29, 0.717) is 22.7 Å². The molecular weight excluding hydrogens is 370 g/mol. The molecule has 0 atom stereocenters. The summed E-state index contributed by atoms with van der Waals surface area (Å²) >= 11 is 0. The summed E-state index contributed by atoms with van der Waals surface area (Å²) in [6, 6.07) is 13.0. The van der Waals surface area contributed by atoms with Crippen LogP contribution in [-0.4, -0.2) is 28.3 Å². The lowest BCUT2D eigenvalue weighted by Gasteiger charge is -2.11. The highest BCUT2D eigenvalue weighted by Crippen LogP contribution is 2.37. The number of carbonyl (C=O) groups is 2. The SMILES string of the molecule is CC(=O)c1cc2c(cc1NC(=O)Cc1c(C)nn(-c3ccccc3)c1C)OCO2. The molecule has 0 fully saturated rings. The van der Waals surface area contributed by atoms with Crippen LogP contribution in [0.2, 0.25) is 0 Å². The summed E-state index contributed by atoms with van der Waals surface area (Å²) in [5, 5.41) is 7.42. The van der Waals surface area contributed by atoms with Crippen LogP contribution in [0.4, 0.5) is 5.69 Å². The van der Waals surface area contributed by atoms with E-state index in [9.17, 15) is 9.59 Å². The van der Waals surface area contributed by atoms with E-state index in [0.717, 1.165) is 22.6 Å². The van der Waals surface area contributed by atoms with Crippen molar-refractivity contribution in [2.45, 2.75) is 27.2 Å². The zero-order chi connectivity index (χ0) is 20.5. The molecule has 1 aromatic heterocycles. The number of carbonyl (C=O) groups excluding carboxylic acids is 2. The number of para-hydroxylation sites is 1. The number of hydrogen-bond donors (Lipinski definition) is 1. The van der Waals surface area contributed by atoms with E-state index in [1.807, 2.05) is 48.9 Å². The third-order valence-corrected chi connectivity index (χ3v) is 4.95. The van der Waals surface area contributed by atoms with E-state index < -0.39 is 0 Å². The summed E-state index contributed by atoms with van der Waals surface area (Å²) in [7, 11) is 0. The van der Waals surface area contributed by atoms with Crippen LogP contribution in [0, 0.1) is 13.8 Å². The monoisotopic (exact) mass is 391 g/mol. The van der Waals surface area contributed by atoms with E-state index in [1.165, 1.54) is 6.92 Å². The molecule has 2 aromatic carbocycles. The van der Waals surface area contributed by atoms with Gasteiger partial charge in [-0.1, -0.05) is 18.2 Å². The number of rotatable bonds is 5. The van der Waals surface area contributed by atoms with E-state index in [2.05, 4.69) is 10.4 Å². The first kappa shape index (κ1) is 18.7. The van der Waals surface area contributed by atoms with Crippen molar-refractivity contribution in [1.29, 1.82) is 0 Å². The third-order valence-electron chi connectivity index (χ3n) is 4.95. The Balaban J connectivity index is 1.59. The Kier molecular flexibility index (Phi) is 4.80. The second-order valence-electron chi connectivity index (χ2n) is 6.93. The van der Waals surface area contributed by atoms with Gasteiger partial charge in [0.15, 0.2) is 17.3 Å². The summed E-state index contributed by atoms with van der Waals surface area (Å²) in [6.07, 6.45) is 0.149. The number of ketones is 1. The lowest BCUT2D eigenvalue weighted by atomic mass is 10.1. The second kappa shape index (κ2) is 7.43. The van der Waals surface area contributed by atoms with E-state index in [4.69, 9.17) is 9.47 Å². The first-order chi connectivity index (χ1) is 13.9. The van der Waals surface area contributed by atoms with Crippen LogP contribution in [0.3, 0.4) is 0 Å². The van der Waals surface area contributed by atoms with Gasteiger partial charge >= 0.3 is 0 Å². The molecule has 0 saturated carbocycles. The van der Waals surface area contributed by atoms with Gasteiger partial charge in [0, 0.05) is 22.9 Å². The average Bonchev–Trinajstić information content (AvgIpc) is 3.27. The van der Waals surface area contributed by atoms with Gasteiger partial charge in [0.1, 0.15) is 0 Å². The highest BCUT2D eigenvalue weighted by molar-refractivity contribution is 6.05. The number of benzene rings is 2. The van der Waals surface area contributed by atoms with Crippen LogP contribution >= 0.6 is 0 Å². The molecule has 0 saturated heterocycles. The number of anilines is 1. The van der Waals surface area contributed by atoms with Crippen LogP contribution in [0.25, 0.3) is 5.69 Å². The number of hydrogen-bond acceptors (Lipinski definition) is 5. The van der Waals surface area contributed by atoms with Gasteiger partial charge in [0.2, 0.25) is 12.7 Å². The van der Waals surface area contributed by atoms with Gasteiger partial charge in [-0.3, -0.25) is 9.59 Å². The highest BCUT2D eigenvalue weighted by Gasteiger charge is 2.22. The predicted molar refractivity (Wildman–Crippen MR) is 108 cm³/mol. The minimum absolute atomic E-state index is 0.0984. The normalized spacial score (nSPS) is 12.1. The van der Waals surface area contributed by atoms with Crippen LogP contribution in [0.1, 0.15) is 34.2 Å². The fourth-order valence-corrected chi connectivity index (χ4v) is 3.44. The average molecular weight is 391 g/mol. The minimum atomic E-state index is -0.231. The Labute approximate surface area is 168 Å². The summed E-state index contributed by atoms with van der Waals surface area (Å²) in [4.78, 5) is 24.8. The number of nitrogens with zero attached hydrogens (tertiary/aromatic N) is 2. The molecule has 0 spiro atoms. The Hall–Kier alpha value is -3.61. The van der Waals surface area contributed by atoms with Gasteiger partial charge in [0.25, 0.3) is 0 Å². The van der Waals surface area contributed by atoms with Crippen molar-refractivity contribution in [2.75, 3.05) is 12.1 Å². The standard InChI is InChI=1S/C22H21N3O4/c1-13-17(14(2)25(24-13)16-7-5-4-6-8-16)10-22(27)23-19-11-21-20(28-12-29-21)9-18(19)15(3)26/h4-9,11H,10,12H2,1-3H3,(H,23,27). The molecule has 2 heterocycles. The fourth-order valence-electron chi connectivity index (χ4n) is 3.44. The molecule has 7 nitrogen and oxygen atoms in total.